The van der Waals surface area contributed by atoms with Gasteiger partial charge in [0, 0.05) is 17.3 Å². The lowest BCUT2D eigenvalue weighted by molar-refractivity contribution is -0.147. The number of aromatic nitrogens is 1. The van der Waals surface area contributed by atoms with Crippen LogP contribution in [0.2, 0.25) is 0 Å². The predicted molar refractivity (Wildman–Crippen MR) is 71.6 cm³/mol. The number of aliphatic carboxylic acids is 2. The number of benzene rings is 1. The molecule has 0 spiro atoms. The quantitative estimate of drug-likeness (QED) is 0.656. The topological polar surface area (TPSA) is 102 Å². The minimum absolute atomic E-state index is 0.261. The number of aromatic amines is 1. The molecule has 4 N–H and O–H groups in total. The highest BCUT2D eigenvalue weighted by Crippen LogP contribution is 2.35. The van der Waals surface area contributed by atoms with Gasteiger partial charge in [0.2, 0.25) is 0 Å². The van der Waals surface area contributed by atoms with Crippen LogP contribution < -0.4 is 5.32 Å². The number of H-pyrrole nitrogens is 1. The van der Waals surface area contributed by atoms with Crippen molar-refractivity contribution < 1.29 is 19.8 Å². The second-order valence-corrected chi connectivity index (χ2v) is 5.19. The zero-order chi connectivity index (χ0) is 14.5. The van der Waals surface area contributed by atoms with E-state index in [1.165, 1.54) is 6.92 Å². The van der Waals surface area contributed by atoms with Crippen LogP contribution in [0.5, 0.6) is 0 Å². The monoisotopic (exact) mass is 274 g/mol. The number of hydrogen-bond donors (Lipinski definition) is 4. The molecular weight excluding hydrogens is 260 g/mol. The normalized spacial score (nSPS) is 25.4. The average molecular weight is 274 g/mol. The summed E-state index contributed by atoms with van der Waals surface area (Å²) in [5, 5.41) is 22.3. The zero-order valence-electron chi connectivity index (χ0n) is 10.8. The van der Waals surface area contributed by atoms with Gasteiger partial charge in [-0.15, -0.1) is 0 Å². The molecule has 0 aliphatic carbocycles. The summed E-state index contributed by atoms with van der Waals surface area (Å²) >= 11 is 0. The Kier molecular flexibility index (Phi) is 2.58. The molecule has 2 atom stereocenters. The molecule has 1 aliphatic heterocycles. The van der Waals surface area contributed by atoms with Crippen molar-refractivity contribution in [3.63, 3.8) is 0 Å². The molecule has 0 saturated carbocycles. The second-order valence-electron chi connectivity index (χ2n) is 5.19. The SMILES string of the molecule is C[C@]1(C(=O)O)N[C@H](C(=O)O)Cc2c1[nH]c1ccccc21. The van der Waals surface area contributed by atoms with Gasteiger partial charge in [-0.1, -0.05) is 18.2 Å². The Morgan fingerprint density at radius 2 is 2.00 bits per heavy atom. The van der Waals surface area contributed by atoms with E-state index >= 15 is 0 Å². The zero-order valence-corrected chi connectivity index (χ0v) is 10.8. The van der Waals surface area contributed by atoms with Crippen molar-refractivity contribution in [2.45, 2.75) is 24.9 Å². The molecule has 1 aliphatic rings. The summed E-state index contributed by atoms with van der Waals surface area (Å²) in [6.07, 6.45) is 0.261. The fourth-order valence-corrected chi connectivity index (χ4v) is 2.83. The number of fused-ring (bicyclic) bond motifs is 3. The van der Waals surface area contributed by atoms with Crippen molar-refractivity contribution in [3.05, 3.63) is 35.5 Å². The maximum atomic E-state index is 11.6. The third-order valence-electron chi connectivity index (χ3n) is 3.91. The van der Waals surface area contributed by atoms with Crippen LogP contribution in [0.4, 0.5) is 0 Å². The number of carbonyl (C=O) groups is 2. The first-order valence-corrected chi connectivity index (χ1v) is 6.27. The number of nitrogens with one attached hydrogen (secondary N) is 2. The van der Waals surface area contributed by atoms with Gasteiger partial charge in [-0.25, -0.2) is 4.79 Å². The van der Waals surface area contributed by atoms with Crippen molar-refractivity contribution >= 4 is 22.8 Å². The van der Waals surface area contributed by atoms with E-state index in [9.17, 15) is 19.8 Å². The Morgan fingerprint density at radius 3 is 2.65 bits per heavy atom. The summed E-state index contributed by atoms with van der Waals surface area (Å²) in [4.78, 5) is 26.0. The molecule has 6 heteroatoms. The van der Waals surface area contributed by atoms with E-state index in [1.54, 1.807) is 0 Å². The third kappa shape index (κ3) is 1.61. The fraction of sp³-hybridized carbons (Fsp3) is 0.286. The number of carboxylic acids is 2. The standard InChI is InChI=1S/C14H14N2O4/c1-14(13(19)20)11-8(6-10(16-14)12(17)18)7-4-2-3-5-9(7)15-11/h2-5,10,15-16H,6H2,1H3,(H,17,18)(H,19,20)/t10-,14-/m0/s1. The molecule has 2 heterocycles. The molecule has 0 fully saturated rings. The van der Waals surface area contributed by atoms with E-state index in [1.807, 2.05) is 24.3 Å². The van der Waals surface area contributed by atoms with Crippen LogP contribution in [0.3, 0.4) is 0 Å². The lowest BCUT2D eigenvalue weighted by Crippen LogP contribution is -2.58. The van der Waals surface area contributed by atoms with Gasteiger partial charge in [0.25, 0.3) is 0 Å². The Balaban J connectivity index is 2.27. The van der Waals surface area contributed by atoms with E-state index in [4.69, 9.17) is 0 Å². The maximum absolute atomic E-state index is 11.6. The summed E-state index contributed by atoms with van der Waals surface area (Å²) in [6.45, 7) is 1.48. The highest BCUT2D eigenvalue weighted by atomic mass is 16.4. The van der Waals surface area contributed by atoms with Gasteiger partial charge in [-0.05, 0) is 18.6 Å². The lowest BCUT2D eigenvalue weighted by Gasteiger charge is -2.34. The molecule has 1 aromatic heterocycles. The number of carboxylic acid groups (broad SMARTS) is 2. The van der Waals surface area contributed by atoms with Crippen LogP contribution >= 0.6 is 0 Å². The Hall–Kier alpha value is -2.34. The van der Waals surface area contributed by atoms with Crippen LogP contribution in [0.25, 0.3) is 10.9 Å². The summed E-state index contributed by atoms with van der Waals surface area (Å²) in [7, 11) is 0. The summed E-state index contributed by atoms with van der Waals surface area (Å²) in [5.41, 5.74) is 0.675. The van der Waals surface area contributed by atoms with Crippen LogP contribution in [0.15, 0.2) is 24.3 Å². The molecule has 0 bridgehead atoms. The van der Waals surface area contributed by atoms with Gasteiger partial charge in [0.1, 0.15) is 6.04 Å². The largest absolute Gasteiger partial charge is 0.480 e. The average Bonchev–Trinajstić information content (AvgIpc) is 2.78. The highest BCUT2D eigenvalue weighted by Gasteiger charge is 2.46. The second kappa shape index (κ2) is 4.08. The van der Waals surface area contributed by atoms with E-state index in [2.05, 4.69) is 10.3 Å². The molecule has 0 radical (unpaired) electrons. The first-order chi connectivity index (χ1) is 9.43. The van der Waals surface area contributed by atoms with E-state index in [0.717, 1.165) is 16.5 Å². The summed E-state index contributed by atoms with van der Waals surface area (Å²) < 4.78 is 0. The van der Waals surface area contributed by atoms with Gasteiger partial charge in [0.05, 0.1) is 5.69 Å². The summed E-state index contributed by atoms with van der Waals surface area (Å²) in [5.74, 6) is -2.15. The van der Waals surface area contributed by atoms with Gasteiger partial charge in [-0.2, -0.15) is 0 Å². The molecule has 3 rings (SSSR count). The van der Waals surface area contributed by atoms with E-state index in [-0.39, 0.29) is 6.42 Å². The van der Waals surface area contributed by atoms with Crippen LogP contribution in [0, 0.1) is 0 Å². The molecule has 0 unspecified atom stereocenters. The van der Waals surface area contributed by atoms with Crippen molar-refractivity contribution in [3.8, 4) is 0 Å². The van der Waals surface area contributed by atoms with Gasteiger partial charge in [0.15, 0.2) is 5.54 Å². The van der Waals surface area contributed by atoms with Crippen LogP contribution in [-0.4, -0.2) is 33.2 Å². The van der Waals surface area contributed by atoms with Gasteiger partial charge >= 0.3 is 11.9 Å². The lowest BCUT2D eigenvalue weighted by atomic mass is 9.85. The minimum atomic E-state index is -1.43. The summed E-state index contributed by atoms with van der Waals surface area (Å²) in [6, 6.07) is 6.52. The minimum Gasteiger partial charge on any atom is -0.480 e. The third-order valence-corrected chi connectivity index (χ3v) is 3.91. The molecule has 0 saturated heterocycles. The van der Waals surface area contributed by atoms with Crippen molar-refractivity contribution in [2.24, 2.45) is 0 Å². The molecule has 1 aromatic carbocycles. The number of hydrogen-bond acceptors (Lipinski definition) is 3. The van der Waals surface area contributed by atoms with Crippen LogP contribution in [-0.2, 0) is 21.5 Å². The highest BCUT2D eigenvalue weighted by molar-refractivity contribution is 5.91. The first kappa shape index (κ1) is 12.7. The Bertz CT molecular complexity index is 721. The predicted octanol–water partition coefficient (Wildman–Crippen LogP) is 1.07. The molecule has 20 heavy (non-hydrogen) atoms. The van der Waals surface area contributed by atoms with Crippen molar-refractivity contribution in [1.29, 1.82) is 0 Å². The Morgan fingerprint density at radius 1 is 1.30 bits per heavy atom. The number of rotatable bonds is 2. The number of para-hydroxylation sites is 1. The Labute approximate surface area is 114 Å². The maximum Gasteiger partial charge on any atom is 0.329 e. The molecule has 6 nitrogen and oxygen atoms in total. The smallest absolute Gasteiger partial charge is 0.329 e. The van der Waals surface area contributed by atoms with E-state index in [0.29, 0.717) is 5.69 Å². The molecule has 0 amide bonds. The molecular formula is C14H14N2O4. The van der Waals surface area contributed by atoms with Crippen molar-refractivity contribution in [1.82, 2.24) is 10.3 Å². The van der Waals surface area contributed by atoms with Gasteiger partial charge in [-0.3, -0.25) is 10.1 Å². The molecule has 2 aromatic rings. The first-order valence-electron chi connectivity index (χ1n) is 6.27. The van der Waals surface area contributed by atoms with E-state index < -0.39 is 23.5 Å². The van der Waals surface area contributed by atoms with Crippen molar-refractivity contribution in [2.75, 3.05) is 0 Å². The van der Waals surface area contributed by atoms with Gasteiger partial charge < -0.3 is 15.2 Å². The van der Waals surface area contributed by atoms with Crippen LogP contribution in [0.1, 0.15) is 18.2 Å². The fourth-order valence-electron chi connectivity index (χ4n) is 2.83. The molecule has 104 valence electrons.